The first-order chi connectivity index (χ1) is 13.8. The molecule has 152 valence electrons. The SMILES string of the molecule is C=C(C)C(O)(C(=C)C)c1ccc(CN(Cc2cccc(F)c2)Cc2ccco2)o1. The molecule has 0 spiro atoms. The molecule has 0 aliphatic rings. The van der Waals surface area contributed by atoms with Gasteiger partial charge in [0.1, 0.15) is 23.1 Å². The molecular weight excluding hydrogens is 369 g/mol. The fraction of sp³-hybridized carbons (Fsp3) is 0.250. The summed E-state index contributed by atoms with van der Waals surface area (Å²) >= 11 is 0. The molecule has 1 N–H and O–H groups in total. The number of benzene rings is 1. The molecule has 0 unspecified atom stereocenters. The molecule has 0 radical (unpaired) electrons. The maximum Gasteiger partial charge on any atom is 0.163 e. The van der Waals surface area contributed by atoms with Crippen LogP contribution >= 0.6 is 0 Å². The first-order valence-electron chi connectivity index (χ1n) is 9.41. The highest BCUT2D eigenvalue weighted by atomic mass is 19.1. The first-order valence-corrected chi connectivity index (χ1v) is 9.41. The number of hydrogen-bond acceptors (Lipinski definition) is 4. The lowest BCUT2D eigenvalue weighted by molar-refractivity contribution is 0.0874. The van der Waals surface area contributed by atoms with Crippen LogP contribution in [0.2, 0.25) is 0 Å². The number of halogens is 1. The van der Waals surface area contributed by atoms with E-state index in [0.29, 0.717) is 42.3 Å². The number of aliphatic hydroxyl groups is 1. The summed E-state index contributed by atoms with van der Waals surface area (Å²) in [7, 11) is 0. The van der Waals surface area contributed by atoms with E-state index in [4.69, 9.17) is 8.83 Å². The molecule has 1 aromatic carbocycles. The van der Waals surface area contributed by atoms with Gasteiger partial charge in [-0.3, -0.25) is 4.90 Å². The van der Waals surface area contributed by atoms with Crippen molar-refractivity contribution in [3.8, 4) is 0 Å². The van der Waals surface area contributed by atoms with Gasteiger partial charge in [0.2, 0.25) is 0 Å². The van der Waals surface area contributed by atoms with Gasteiger partial charge < -0.3 is 13.9 Å². The van der Waals surface area contributed by atoms with Crippen molar-refractivity contribution in [2.24, 2.45) is 0 Å². The van der Waals surface area contributed by atoms with Gasteiger partial charge in [-0.25, -0.2) is 4.39 Å². The molecule has 0 bridgehead atoms. The third kappa shape index (κ3) is 4.75. The predicted octanol–water partition coefficient (Wildman–Crippen LogP) is 5.55. The number of rotatable bonds is 9. The van der Waals surface area contributed by atoms with Gasteiger partial charge in [-0.1, -0.05) is 25.3 Å². The second-order valence-corrected chi connectivity index (χ2v) is 7.39. The van der Waals surface area contributed by atoms with E-state index >= 15 is 0 Å². The van der Waals surface area contributed by atoms with E-state index in [0.717, 1.165) is 11.3 Å². The summed E-state index contributed by atoms with van der Waals surface area (Å²) in [5.41, 5.74) is 0.520. The minimum Gasteiger partial charge on any atom is -0.468 e. The molecule has 0 aliphatic heterocycles. The Morgan fingerprint density at radius 1 is 1.00 bits per heavy atom. The zero-order valence-corrected chi connectivity index (χ0v) is 16.8. The summed E-state index contributed by atoms with van der Waals surface area (Å²) < 4.78 is 25.0. The van der Waals surface area contributed by atoms with E-state index < -0.39 is 5.60 Å². The number of nitrogens with zero attached hydrogens (tertiary/aromatic N) is 1. The quantitative estimate of drug-likeness (QED) is 0.482. The van der Waals surface area contributed by atoms with Gasteiger partial charge in [0.25, 0.3) is 0 Å². The average Bonchev–Trinajstić information content (AvgIpc) is 3.33. The summed E-state index contributed by atoms with van der Waals surface area (Å²) in [5, 5.41) is 11.0. The van der Waals surface area contributed by atoms with Crippen molar-refractivity contribution in [3.63, 3.8) is 0 Å². The molecule has 2 aromatic heterocycles. The molecule has 3 aromatic rings. The zero-order valence-electron chi connectivity index (χ0n) is 16.8. The standard InChI is InChI=1S/C24H26FNO3/c1-17(2)24(27,18(3)4)23-11-10-22(29-23)16-26(15-21-9-6-12-28-21)14-19-7-5-8-20(25)13-19/h5-13,27H,1,3,14-16H2,2,4H3. The Balaban J connectivity index is 1.83. The second kappa shape index (κ2) is 8.64. The maximum absolute atomic E-state index is 13.6. The Kier molecular flexibility index (Phi) is 6.20. The van der Waals surface area contributed by atoms with Crippen molar-refractivity contribution in [1.82, 2.24) is 4.90 Å². The van der Waals surface area contributed by atoms with Gasteiger partial charge >= 0.3 is 0 Å². The highest BCUT2D eigenvalue weighted by Gasteiger charge is 2.35. The normalized spacial score (nSPS) is 11.8. The molecule has 29 heavy (non-hydrogen) atoms. The van der Waals surface area contributed by atoms with Crippen LogP contribution in [0.15, 0.2) is 87.9 Å². The van der Waals surface area contributed by atoms with Crippen LogP contribution in [0, 0.1) is 5.82 Å². The third-order valence-corrected chi connectivity index (χ3v) is 4.89. The zero-order chi connectivity index (χ0) is 21.0. The van der Waals surface area contributed by atoms with Crippen LogP contribution in [0.4, 0.5) is 4.39 Å². The van der Waals surface area contributed by atoms with Gasteiger partial charge in [0.15, 0.2) is 5.60 Å². The fourth-order valence-electron chi connectivity index (χ4n) is 3.35. The van der Waals surface area contributed by atoms with Gasteiger partial charge in [0, 0.05) is 6.54 Å². The molecule has 0 atom stereocenters. The van der Waals surface area contributed by atoms with E-state index in [1.807, 2.05) is 24.3 Å². The Morgan fingerprint density at radius 2 is 1.72 bits per heavy atom. The van der Waals surface area contributed by atoms with Crippen molar-refractivity contribution < 1.29 is 18.3 Å². The van der Waals surface area contributed by atoms with Crippen molar-refractivity contribution >= 4 is 0 Å². The summed E-state index contributed by atoms with van der Waals surface area (Å²) in [6.45, 7) is 12.7. The van der Waals surface area contributed by atoms with Crippen molar-refractivity contribution in [3.05, 3.63) is 108 Å². The van der Waals surface area contributed by atoms with E-state index in [1.54, 1.807) is 32.2 Å². The van der Waals surface area contributed by atoms with Crippen LogP contribution in [0.5, 0.6) is 0 Å². The monoisotopic (exact) mass is 395 g/mol. The summed E-state index contributed by atoms with van der Waals surface area (Å²) in [5.74, 6) is 1.59. The number of hydrogen-bond donors (Lipinski definition) is 1. The highest BCUT2D eigenvalue weighted by molar-refractivity contribution is 5.35. The smallest absolute Gasteiger partial charge is 0.163 e. The van der Waals surface area contributed by atoms with Gasteiger partial charge in [-0.05, 0) is 67.0 Å². The minimum absolute atomic E-state index is 0.270. The lowest BCUT2D eigenvalue weighted by Gasteiger charge is -2.27. The first kappa shape index (κ1) is 20.8. The molecule has 3 rings (SSSR count). The average molecular weight is 395 g/mol. The minimum atomic E-state index is -1.41. The van der Waals surface area contributed by atoms with Crippen LogP contribution in [0.1, 0.15) is 36.7 Å². The summed E-state index contributed by atoms with van der Waals surface area (Å²) in [6.07, 6.45) is 1.63. The molecule has 4 nitrogen and oxygen atoms in total. The van der Waals surface area contributed by atoms with Crippen LogP contribution in [0.3, 0.4) is 0 Å². The van der Waals surface area contributed by atoms with E-state index in [1.165, 1.54) is 12.1 Å². The Morgan fingerprint density at radius 3 is 2.34 bits per heavy atom. The third-order valence-electron chi connectivity index (χ3n) is 4.89. The lowest BCUT2D eigenvalue weighted by Crippen LogP contribution is -2.27. The maximum atomic E-state index is 13.6. The second-order valence-electron chi connectivity index (χ2n) is 7.39. The van der Waals surface area contributed by atoms with E-state index in [2.05, 4.69) is 18.1 Å². The van der Waals surface area contributed by atoms with Crippen LogP contribution in [-0.2, 0) is 25.2 Å². The van der Waals surface area contributed by atoms with Crippen molar-refractivity contribution in [2.75, 3.05) is 0 Å². The molecule has 0 saturated heterocycles. The topological polar surface area (TPSA) is 49.8 Å². The largest absolute Gasteiger partial charge is 0.468 e. The molecular formula is C24H26FNO3. The molecule has 2 heterocycles. The Labute approximate surface area is 170 Å². The molecule has 0 saturated carbocycles. The highest BCUT2D eigenvalue weighted by Crippen LogP contribution is 2.36. The van der Waals surface area contributed by atoms with Gasteiger partial charge in [-0.2, -0.15) is 0 Å². The Hall–Kier alpha value is -2.89. The lowest BCUT2D eigenvalue weighted by atomic mass is 9.87. The Bertz CT molecular complexity index is 973. The predicted molar refractivity (Wildman–Crippen MR) is 110 cm³/mol. The summed E-state index contributed by atoms with van der Waals surface area (Å²) in [4.78, 5) is 2.08. The van der Waals surface area contributed by atoms with Crippen molar-refractivity contribution in [2.45, 2.75) is 39.1 Å². The molecule has 0 amide bonds. The molecule has 5 heteroatoms. The van der Waals surface area contributed by atoms with Gasteiger partial charge in [0.05, 0.1) is 19.4 Å². The van der Waals surface area contributed by atoms with Crippen LogP contribution in [-0.4, -0.2) is 10.0 Å². The van der Waals surface area contributed by atoms with Gasteiger partial charge in [-0.15, -0.1) is 0 Å². The molecule has 0 aliphatic carbocycles. The van der Waals surface area contributed by atoms with Crippen LogP contribution < -0.4 is 0 Å². The van der Waals surface area contributed by atoms with E-state index in [-0.39, 0.29) is 5.82 Å². The summed E-state index contributed by atoms with van der Waals surface area (Å²) in [6, 6.07) is 13.8. The van der Waals surface area contributed by atoms with E-state index in [9.17, 15) is 9.50 Å². The van der Waals surface area contributed by atoms with Crippen molar-refractivity contribution in [1.29, 1.82) is 0 Å². The fourth-order valence-corrected chi connectivity index (χ4v) is 3.35. The number of furan rings is 2. The molecule has 0 fully saturated rings. The van der Waals surface area contributed by atoms with Crippen LogP contribution in [0.25, 0.3) is 0 Å².